The quantitative estimate of drug-likeness (QED) is 0.840. The predicted octanol–water partition coefficient (Wildman–Crippen LogP) is 1.74. The number of rotatable bonds is 4. The minimum atomic E-state index is -0.499. The van der Waals surface area contributed by atoms with Gasteiger partial charge in [-0.05, 0) is 18.2 Å². The first-order valence-corrected chi connectivity index (χ1v) is 6.86. The molecule has 0 aliphatic rings. The highest BCUT2D eigenvalue weighted by Gasteiger charge is 2.08. The second-order valence-electron chi connectivity index (χ2n) is 3.96. The number of hydrogen-bond donors (Lipinski definition) is 2. The highest BCUT2D eigenvalue weighted by molar-refractivity contribution is 7.10. The van der Waals surface area contributed by atoms with Gasteiger partial charge in [-0.15, -0.1) is 11.3 Å². The largest absolute Gasteiger partial charge is 0.487 e. The van der Waals surface area contributed by atoms with E-state index in [1.807, 2.05) is 11.4 Å². The third kappa shape index (κ3) is 3.60. The average Bonchev–Trinajstić information content (AvgIpc) is 2.91. The van der Waals surface area contributed by atoms with E-state index in [-0.39, 0.29) is 0 Å². The summed E-state index contributed by atoms with van der Waals surface area (Å²) in [7, 11) is 0. The van der Waals surface area contributed by atoms with Crippen molar-refractivity contribution in [1.29, 1.82) is 0 Å². The summed E-state index contributed by atoms with van der Waals surface area (Å²) in [5.74, 6) is 5.75. The van der Waals surface area contributed by atoms with Gasteiger partial charge in [-0.3, -0.25) is 4.79 Å². The molecule has 0 aliphatic heterocycles. The Kier molecular flexibility index (Phi) is 4.77. The number of primary amides is 1. The number of carbonyl (C=O) groups excluding carboxylic acids is 1. The Morgan fingerprint density at radius 3 is 2.90 bits per heavy atom. The molecule has 0 saturated carbocycles. The van der Waals surface area contributed by atoms with Gasteiger partial charge in [0.15, 0.2) is 0 Å². The van der Waals surface area contributed by atoms with Crippen molar-refractivity contribution in [3.8, 4) is 17.6 Å². The van der Waals surface area contributed by atoms with Crippen molar-refractivity contribution in [2.45, 2.75) is 6.61 Å². The summed E-state index contributed by atoms with van der Waals surface area (Å²) in [6, 6.07) is 8.86. The van der Waals surface area contributed by atoms with E-state index in [4.69, 9.17) is 16.2 Å². The fourth-order valence-corrected chi connectivity index (χ4v) is 2.35. The minimum Gasteiger partial charge on any atom is -0.487 e. The second kappa shape index (κ2) is 6.75. The van der Waals surface area contributed by atoms with E-state index in [0.717, 1.165) is 10.4 Å². The number of para-hydroxylation sites is 1. The smallest absolute Gasteiger partial charge is 0.252 e. The van der Waals surface area contributed by atoms with Crippen molar-refractivity contribution >= 4 is 17.2 Å². The number of amides is 1. The van der Waals surface area contributed by atoms with Crippen LogP contribution in [0.15, 0.2) is 35.7 Å². The van der Waals surface area contributed by atoms with E-state index in [2.05, 4.69) is 11.8 Å². The van der Waals surface area contributed by atoms with Gasteiger partial charge in [0.1, 0.15) is 12.4 Å². The molecule has 0 unspecified atom stereocenters. The van der Waals surface area contributed by atoms with E-state index in [9.17, 15) is 4.79 Å². The molecule has 1 amide bonds. The summed E-state index contributed by atoms with van der Waals surface area (Å²) in [5.41, 5.74) is 11.9. The monoisotopic (exact) mass is 286 g/mol. The highest BCUT2D eigenvalue weighted by atomic mass is 32.1. The van der Waals surface area contributed by atoms with Crippen molar-refractivity contribution in [1.82, 2.24) is 0 Å². The summed E-state index contributed by atoms with van der Waals surface area (Å²) in [4.78, 5) is 12.3. The number of carbonyl (C=O) groups is 1. The Labute approximate surface area is 121 Å². The lowest BCUT2D eigenvalue weighted by Crippen LogP contribution is -2.12. The molecule has 4 N–H and O–H groups in total. The van der Waals surface area contributed by atoms with E-state index in [0.29, 0.717) is 24.5 Å². The zero-order valence-electron chi connectivity index (χ0n) is 10.8. The molecule has 0 radical (unpaired) electrons. The Balaban J connectivity index is 2.05. The summed E-state index contributed by atoms with van der Waals surface area (Å²) in [6.07, 6.45) is 0. The van der Waals surface area contributed by atoms with Crippen LogP contribution in [0.3, 0.4) is 0 Å². The fourth-order valence-electron chi connectivity index (χ4n) is 1.62. The number of hydrogen-bond acceptors (Lipinski definition) is 4. The Bertz CT molecular complexity index is 668. The fraction of sp³-hybridized carbons (Fsp3) is 0.133. The van der Waals surface area contributed by atoms with Gasteiger partial charge in [-0.1, -0.05) is 24.0 Å². The third-order valence-corrected chi connectivity index (χ3v) is 3.42. The number of ether oxygens (including phenoxy) is 1. The maximum atomic E-state index is 11.3. The normalized spacial score (nSPS) is 9.65. The van der Waals surface area contributed by atoms with Crippen LogP contribution in [0.2, 0.25) is 0 Å². The second-order valence-corrected chi connectivity index (χ2v) is 4.95. The van der Waals surface area contributed by atoms with Gasteiger partial charge in [0.25, 0.3) is 5.91 Å². The van der Waals surface area contributed by atoms with Crippen LogP contribution in [-0.2, 0) is 6.61 Å². The molecule has 4 nitrogen and oxygen atoms in total. The van der Waals surface area contributed by atoms with Gasteiger partial charge in [-0.2, -0.15) is 0 Å². The van der Waals surface area contributed by atoms with Crippen LogP contribution in [0.1, 0.15) is 20.8 Å². The Morgan fingerprint density at radius 2 is 2.15 bits per heavy atom. The molecule has 0 saturated heterocycles. The topological polar surface area (TPSA) is 78.3 Å². The summed E-state index contributed by atoms with van der Waals surface area (Å²) in [5, 5.41) is 1.95. The number of nitrogens with two attached hydrogens (primary N) is 2. The lowest BCUT2D eigenvalue weighted by molar-refractivity contribution is 0.0996. The van der Waals surface area contributed by atoms with Gasteiger partial charge in [0, 0.05) is 15.8 Å². The maximum absolute atomic E-state index is 11.3. The standard InChI is InChI=1S/C15H14N2O2S/c16-7-3-4-11-8-12(20-10-11)9-19-14-6-2-1-5-13(14)15(17)18/h1-2,5-6,8,10H,7,9,16H2,(H2,17,18). The molecular weight excluding hydrogens is 272 g/mol. The van der Waals surface area contributed by atoms with E-state index >= 15 is 0 Å². The van der Waals surface area contributed by atoms with Gasteiger partial charge < -0.3 is 16.2 Å². The van der Waals surface area contributed by atoms with Gasteiger partial charge >= 0.3 is 0 Å². The molecule has 102 valence electrons. The van der Waals surface area contributed by atoms with E-state index in [1.54, 1.807) is 35.6 Å². The lowest BCUT2D eigenvalue weighted by atomic mass is 10.2. The molecular formula is C15H14N2O2S. The van der Waals surface area contributed by atoms with Crippen LogP contribution in [0.25, 0.3) is 0 Å². The molecule has 0 bridgehead atoms. The Hall–Kier alpha value is -2.29. The predicted molar refractivity (Wildman–Crippen MR) is 79.5 cm³/mol. The summed E-state index contributed by atoms with van der Waals surface area (Å²) >= 11 is 1.55. The zero-order chi connectivity index (χ0) is 14.4. The van der Waals surface area contributed by atoms with Crippen LogP contribution in [0.4, 0.5) is 0 Å². The van der Waals surface area contributed by atoms with Crippen molar-refractivity contribution in [2.24, 2.45) is 11.5 Å². The van der Waals surface area contributed by atoms with E-state index in [1.165, 1.54) is 0 Å². The maximum Gasteiger partial charge on any atom is 0.252 e. The molecule has 1 aromatic carbocycles. The van der Waals surface area contributed by atoms with Gasteiger partial charge in [0.2, 0.25) is 0 Å². The van der Waals surface area contributed by atoms with Crippen molar-refractivity contribution in [2.75, 3.05) is 6.54 Å². The van der Waals surface area contributed by atoms with Crippen molar-refractivity contribution < 1.29 is 9.53 Å². The van der Waals surface area contributed by atoms with Crippen molar-refractivity contribution in [3.05, 3.63) is 51.7 Å². The Morgan fingerprint density at radius 1 is 1.35 bits per heavy atom. The lowest BCUT2D eigenvalue weighted by Gasteiger charge is -2.07. The summed E-state index contributed by atoms with van der Waals surface area (Å²) in [6.45, 7) is 0.715. The molecule has 0 spiro atoms. The molecule has 0 atom stereocenters. The molecule has 0 fully saturated rings. The van der Waals surface area contributed by atoms with Gasteiger partial charge in [-0.25, -0.2) is 0 Å². The zero-order valence-corrected chi connectivity index (χ0v) is 11.6. The number of benzene rings is 1. The molecule has 0 aliphatic carbocycles. The molecule has 5 heteroatoms. The number of thiophene rings is 1. The van der Waals surface area contributed by atoms with Crippen LogP contribution >= 0.6 is 11.3 Å². The SMILES string of the molecule is NCC#Cc1csc(COc2ccccc2C(N)=O)c1. The van der Waals surface area contributed by atoms with Crippen LogP contribution in [-0.4, -0.2) is 12.5 Å². The molecule has 20 heavy (non-hydrogen) atoms. The molecule has 2 aromatic rings. The van der Waals surface area contributed by atoms with Crippen LogP contribution < -0.4 is 16.2 Å². The molecule has 1 aromatic heterocycles. The molecule has 1 heterocycles. The first kappa shape index (κ1) is 14.1. The van der Waals surface area contributed by atoms with Crippen LogP contribution in [0, 0.1) is 11.8 Å². The summed E-state index contributed by atoms with van der Waals surface area (Å²) < 4.78 is 5.64. The minimum absolute atomic E-state index is 0.341. The average molecular weight is 286 g/mol. The van der Waals surface area contributed by atoms with E-state index < -0.39 is 5.91 Å². The van der Waals surface area contributed by atoms with Crippen molar-refractivity contribution in [3.63, 3.8) is 0 Å². The first-order chi connectivity index (χ1) is 9.70. The highest BCUT2D eigenvalue weighted by Crippen LogP contribution is 2.21. The van der Waals surface area contributed by atoms with Crippen LogP contribution in [0.5, 0.6) is 5.75 Å². The van der Waals surface area contributed by atoms with Gasteiger partial charge in [0.05, 0.1) is 12.1 Å². The third-order valence-electron chi connectivity index (χ3n) is 2.51. The first-order valence-electron chi connectivity index (χ1n) is 5.98. The molecule has 2 rings (SSSR count).